The summed E-state index contributed by atoms with van der Waals surface area (Å²) in [5.41, 5.74) is 1.70. The highest BCUT2D eigenvalue weighted by atomic mass is 16.5. The Kier molecular flexibility index (Phi) is 6.04. The Hall–Kier alpha value is -2.80. The molecule has 0 aromatic heterocycles. The summed E-state index contributed by atoms with van der Waals surface area (Å²) in [6.07, 6.45) is 3.44. The minimum absolute atomic E-state index is 0.0154. The molecule has 1 aromatic rings. The molecule has 7 nitrogen and oxygen atoms in total. The lowest BCUT2D eigenvalue weighted by Gasteiger charge is -2.21. The van der Waals surface area contributed by atoms with Crippen molar-refractivity contribution < 1.29 is 28.9 Å². The molecule has 1 atom stereocenters. The Labute approximate surface area is 164 Å². The van der Waals surface area contributed by atoms with Gasteiger partial charge >= 0.3 is 5.97 Å². The molecule has 0 radical (unpaired) electrons. The van der Waals surface area contributed by atoms with Crippen molar-refractivity contribution in [1.29, 1.82) is 0 Å². The van der Waals surface area contributed by atoms with E-state index in [0.29, 0.717) is 36.8 Å². The van der Waals surface area contributed by atoms with E-state index in [4.69, 9.17) is 14.2 Å². The van der Waals surface area contributed by atoms with Crippen LogP contribution in [-0.2, 0) is 19.1 Å². The number of hydrogen-bond acceptors (Lipinski definition) is 6. The smallest absolute Gasteiger partial charge is 0.340 e. The van der Waals surface area contributed by atoms with Crippen molar-refractivity contribution in [2.24, 2.45) is 0 Å². The number of carbonyl (C=O) groups is 2. The molecule has 2 aliphatic heterocycles. The fraction of sp³-hybridized carbons (Fsp3) is 0.429. The van der Waals surface area contributed by atoms with Crippen LogP contribution in [0.4, 0.5) is 0 Å². The van der Waals surface area contributed by atoms with Gasteiger partial charge in [0.1, 0.15) is 0 Å². The van der Waals surface area contributed by atoms with Gasteiger partial charge in [0.25, 0.3) is 5.91 Å². The molecule has 0 aliphatic carbocycles. The lowest BCUT2D eigenvalue weighted by molar-refractivity contribution is -0.136. The SMILES string of the molecule is CCOc1cc(/C=C2\C(=O)N(C[C@@H]3CCCO3)C(C)=C2C(=O)OC)ccc1O. The highest BCUT2D eigenvalue weighted by molar-refractivity contribution is 6.16. The van der Waals surface area contributed by atoms with Crippen molar-refractivity contribution in [1.82, 2.24) is 4.90 Å². The quantitative estimate of drug-likeness (QED) is 0.597. The van der Waals surface area contributed by atoms with Crippen molar-refractivity contribution in [3.05, 3.63) is 40.6 Å². The van der Waals surface area contributed by atoms with Crippen LogP contribution < -0.4 is 4.74 Å². The first kappa shape index (κ1) is 19.9. The van der Waals surface area contributed by atoms with Gasteiger partial charge in [0.15, 0.2) is 11.5 Å². The summed E-state index contributed by atoms with van der Waals surface area (Å²) in [5, 5.41) is 9.88. The van der Waals surface area contributed by atoms with Crippen LogP contribution in [0.1, 0.15) is 32.3 Å². The Morgan fingerprint density at radius 3 is 2.86 bits per heavy atom. The van der Waals surface area contributed by atoms with Crippen LogP contribution in [0.25, 0.3) is 6.08 Å². The number of hydrogen-bond donors (Lipinski definition) is 1. The van der Waals surface area contributed by atoms with Crippen LogP contribution in [0, 0.1) is 0 Å². The number of rotatable bonds is 6. The van der Waals surface area contributed by atoms with Crippen molar-refractivity contribution in [2.75, 3.05) is 26.9 Å². The maximum absolute atomic E-state index is 13.1. The second kappa shape index (κ2) is 8.48. The number of esters is 1. The average Bonchev–Trinajstić information content (AvgIpc) is 3.27. The molecular formula is C21H25NO6. The normalized spacial score (nSPS) is 21.0. The first-order valence-electron chi connectivity index (χ1n) is 9.36. The molecule has 1 aromatic carbocycles. The minimum atomic E-state index is -0.559. The van der Waals surface area contributed by atoms with Crippen LogP contribution in [0.2, 0.25) is 0 Å². The monoisotopic (exact) mass is 387 g/mol. The van der Waals surface area contributed by atoms with E-state index in [9.17, 15) is 14.7 Å². The highest BCUT2D eigenvalue weighted by Gasteiger charge is 2.38. The van der Waals surface area contributed by atoms with Gasteiger partial charge in [0.2, 0.25) is 0 Å². The van der Waals surface area contributed by atoms with E-state index in [0.717, 1.165) is 12.8 Å². The maximum atomic E-state index is 13.1. The molecule has 150 valence electrons. The summed E-state index contributed by atoms with van der Waals surface area (Å²) in [6.45, 7) is 5.05. The summed E-state index contributed by atoms with van der Waals surface area (Å²) in [5.74, 6) is -0.490. The molecule has 28 heavy (non-hydrogen) atoms. The minimum Gasteiger partial charge on any atom is -0.504 e. The van der Waals surface area contributed by atoms with Gasteiger partial charge in [-0.05, 0) is 50.5 Å². The lowest BCUT2D eigenvalue weighted by atomic mass is 10.0. The molecule has 2 aliphatic rings. The van der Waals surface area contributed by atoms with Gasteiger partial charge in [-0.3, -0.25) is 4.79 Å². The number of methoxy groups -OCH3 is 1. The van der Waals surface area contributed by atoms with Crippen LogP contribution in [0.3, 0.4) is 0 Å². The molecule has 0 bridgehead atoms. The van der Waals surface area contributed by atoms with E-state index in [1.165, 1.54) is 13.2 Å². The molecule has 1 N–H and O–H groups in total. The second-order valence-electron chi connectivity index (χ2n) is 6.72. The molecule has 1 saturated heterocycles. The van der Waals surface area contributed by atoms with E-state index >= 15 is 0 Å². The number of benzene rings is 1. The fourth-order valence-electron chi connectivity index (χ4n) is 3.50. The van der Waals surface area contributed by atoms with Gasteiger partial charge in [-0.25, -0.2) is 4.79 Å². The first-order valence-corrected chi connectivity index (χ1v) is 9.36. The Balaban J connectivity index is 1.98. The highest BCUT2D eigenvalue weighted by Crippen LogP contribution is 2.34. The zero-order valence-electron chi connectivity index (χ0n) is 16.4. The molecule has 0 unspecified atom stereocenters. The number of carbonyl (C=O) groups excluding carboxylic acids is 2. The number of amides is 1. The number of nitrogens with zero attached hydrogens (tertiary/aromatic N) is 1. The predicted molar refractivity (Wildman–Crippen MR) is 103 cm³/mol. The van der Waals surface area contributed by atoms with Crippen molar-refractivity contribution in [3.63, 3.8) is 0 Å². The van der Waals surface area contributed by atoms with Crippen LogP contribution >= 0.6 is 0 Å². The van der Waals surface area contributed by atoms with Crippen LogP contribution in [0.5, 0.6) is 11.5 Å². The van der Waals surface area contributed by atoms with Crippen molar-refractivity contribution in [3.8, 4) is 11.5 Å². The molecule has 7 heteroatoms. The second-order valence-corrected chi connectivity index (χ2v) is 6.72. The molecule has 2 heterocycles. The summed E-state index contributed by atoms with van der Waals surface area (Å²) in [7, 11) is 1.29. The van der Waals surface area contributed by atoms with Gasteiger partial charge in [-0.15, -0.1) is 0 Å². The number of phenolic OH excluding ortho intramolecular Hbond substituents is 1. The molecule has 3 rings (SSSR count). The Morgan fingerprint density at radius 2 is 2.21 bits per heavy atom. The van der Waals surface area contributed by atoms with Gasteiger partial charge in [-0.1, -0.05) is 6.07 Å². The zero-order valence-corrected chi connectivity index (χ0v) is 16.4. The third kappa shape index (κ3) is 3.89. The first-order chi connectivity index (χ1) is 13.5. The summed E-state index contributed by atoms with van der Waals surface area (Å²) in [6, 6.07) is 4.78. The molecular weight excluding hydrogens is 362 g/mol. The molecule has 0 saturated carbocycles. The maximum Gasteiger partial charge on any atom is 0.340 e. The molecule has 0 spiro atoms. The zero-order chi connectivity index (χ0) is 20.3. The van der Waals surface area contributed by atoms with Crippen LogP contribution in [0.15, 0.2) is 35.0 Å². The number of ether oxygens (including phenoxy) is 3. The van der Waals surface area contributed by atoms with E-state index < -0.39 is 5.97 Å². The largest absolute Gasteiger partial charge is 0.504 e. The van der Waals surface area contributed by atoms with Crippen molar-refractivity contribution in [2.45, 2.75) is 32.8 Å². The van der Waals surface area contributed by atoms with E-state index in [1.54, 1.807) is 30.0 Å². The number of allylic oxidation sites excluding steroid dienone is 1. The fourth-order valence-corrected chi connectivity index (χ4v) is 3.50. The number of aromatic hydroxyl groups is 1. The topological polar surface area (TPSA) is 85.3 Å². The lowest BCUT2D eigenvalue weighted by Crippen LogP contribution is -2.33. The Morgan fingerprint density at radius 1 is 1.43 bits per heavy atom. The Bertz CT molecular complexity index is 835. The average molecular weight is 387 g/mol. The van der Waals surface area contributed by atoms with Crippen LogP contribution in [-0.4, -0.2) is 54.9 Å². The van der Waals surface area contributed by atoms with Gasteiger partial charge in [-0.2, -0.15) is 0 Å². The standard InChI is InChI=1S/C21H25NO6/c1-4-27-18-11-14(7-8-17(18)23)10-16-19(21(25)26-3)13(2)22(20(16)24)12-15-6-5-9-28-15/h7-8,10-11,15,23H,4-6,9,12H2,1-3H3/b16-10-/t15-/m0/s1. The third-order valence-corrected chi connectivity index (χ3v) is 4.91. The van der Waals surface area contributed by atoms with Crippen molar-refractivity contribution >= 4 is 18.0 Å². The predicted octanol–water partition coefficient (Wildman–Crippen LogP) is 2.64. The number of phenols is 1. The molecule has 1 fully saturated rings. The summed E-state index contributed by atoms with van der Waals surface area (Å²) in [4.78, 5) is 27.1. The van der Waals surface area contributed by atoms with Gasteiger partial charge in [0.05, 0.1) is 37.5 Å². The summed E-state index contributed by atoms with van der Waals surface area (Å²) >= 11 is 0. The van der Waals surface area contributed by atoms with E-state index in [-0.39, 0.29) is 28.9 Å². The van der Waals surface area contributed by atoms with E-state index in [2.05, 4.69) is 0 Å². The van der Waals surface area contributed by atoms with Gasteiger partial charge < -0.3 is 24.2 Å². The summed E-state index contributed by atoms with van der Waals surface area (Å²) < 4.78 is 16.0. The molecule has 1 amide bonds. The van der Waals surface area contributed by atoms with E-state index in [1.807, 2.05) is 6.92 Å². The third-order valence-electron chi connectivity index (χ3n) is 4.91. The van der Waals surface area contributed by atoms with Gasteiger partial charge in [0, 0.05) is 12.3 Å².